The molecule has 2 rings (SSSR count). The van der Waals surface area contributed by atoms with Crippen molar-refractivity contribution < 1.29 is 9.90 Å². The summed E-state index contributed by atoms with van der Waals surface area (Å²) < 4.78 is 0. The summed E-state index contributed by atoms with van der Waals surface area (Å²) in [6, 6.07) is 16.3. The molecule has 0 unspecified atom stereocenters. The molecule has 2 aromatic carbocycles. The van der Waals surface area contributed by atoms with Crippen LogP contribution in [0.2, 0.25) is 0 Å². The predicted octanol–water partition coefficient (Wildman–Crippen LogP) is 4.06. The fourth-order valence-corrected chi connectivity index (χ4v) is 3.13. The van der Waals surface area contributed by atoms with E-state index in [1.165, 1.54) is 11.1 Å². The molecule has 3 heteroatoms. The molecule has 2 aromatic rings. The quantitative estimate of drug-likeness (QED) is 0.870. The number of aryl methyl sites for hydroxylation is 1. The van der Waals surface area contributed by atoms with Crippen LogP contribution in [0.5, 0.6) is 0 Å². The molecular formula is C17H18O2S. The normalized spacial score (nSPS) is 10.4. The van der Waals surface area contributed by atoms with E-state index in [0.29, 0.717) is 0 Å². The van der Waals surface area contributed by atoms with Crippen molar-refractivity contribution in [1.29, 1.82) is 0 Å². The van der Waals surface area contributed by atoms with Crippen molar-refractivity contribution in [2.45, 2.75) is 24.9 Å². The lowest BCUT2D eigenvalue weighted by atomic mass is 10.1. The van der Waals surface area contributed by atoms with Crippen LogP contribution in [-0.4, -0.2) is 11.1 Å². The first-order chi connectivity index (χ1) is 9.65. The number of hydrogen-bond acceptors (Lipinski definition) is 2. The maximum Gasteiger partial charge on any atom is 0.307 e. The van der Waals surface area contributed by atoms with Crippen LogP contribution in [0.1, 0.15) is 22.3 Å². The van der Waals surface area contributed by atoms with Crippen LogP contribution in [0.15, 0.2) is 48.5 Å². The highest BCUT2D eigenvalue weighted by molar-refractivity contribution is 7.97. The van der Waals surface area contributed by atoms with Gasteiger partial charge in [0.1, 0.15) is 0 Å². The lowest BCUT2D eigenvalue weighted by Gasteiger charge is -2.08. The van der Waals surface area contributed by atoms with Crippen LogP contribution in [0.4, 0.5) is 0 Å². The molecule has 0 aliphatic carbocycles. The maximum absolute atomic E-state index is 10.8. The largest absolute Gasteiger partial charge is 0.481 e. The van der Waals surface area contributed by atoms with Crippen LogP contribution in [0.25, 0.3) is 0 Å². The first kappa shape index (κ1) is 14.7. The molecular weight excluding hydrogens is 268 g/mol. The Balaban J connectivity index is 1.95. The van der Waals surface area contributed by atoms with Gasteiger partial charge < -0.3 is 5.11 Å². The van der Waals surface area contributed by atoms with Gasteiger partial charge in [0.25, 0.3) is 0 Å². The summed E-state index contributed by atoms with van der Waals surface area (Å²) in [5.74, 6) is 1.02. The van der Waals surface area contributed by atoms with Gasteiger partial charge in [0.2, 0.25) is 0 Å². The second-order valence-electron chi connectivity index (χ2n) is 4.82. The number of benzene rings is 2. The summed E-state index contributed by atoms with van der Waals surface area (Å²) in [5.41, 5.74) is 4.62. The summed E-state index contributed by atoms with van der Waals surface area (Å²) in [7, 11) is 0. The SMILES string of the molecule is Cc1cccc(CSCc2ccccc2CC(=O)O)c1. The van der Waals surface area contributed by atoms with Gasteiger partial charge in [0.05, 0.1) is 6.42 Å². The van der Waals surface area contributed by atoms with E-state index in [4.69, 9.17) is 5.11 Å². The molecule has 0 bridgehead atoms. The van der Waals surface area contributed by atoms with Gasteiger partial charge in [-0.05, 0) is 23.6 Å². The van der Waals surface area contributed by atoms with Gasteiger partial charge in [-0.3, -0.25) is 4.79 Å². The van der Waals surface area contributed by atoms with Crippen LogP contribution >= 0.6 is 11.8 Å². The number of thioether (sulfide) groups is 1. The molecule has 0 aliphatic rings. The maximum atomic E-state index is 10.8. The Morgan fingerprint density at radius 2 is 1.80 bits per heavy atom. The Morgan fingerprint density at radius 3 is 2.50 bits per heavy atom. The molecule has 0 fully saturated rings. The molecule has 0 spiro atoms. The number of carbonyl (C=O) groups is 1. The first-order valence-corrected chi connectivity index (χ1v) is 7.72. The Bertz CT molecular complexity index is 593. The standard InChI is InChI=1S/C17H18O2S/c1-13-5-4-6-14(9-13)11-20-12-16-8-3-2-7-15(16)10-17(18)19/h2-9H,10-12H2,1H3,(H,18,19). The molecule has 0 heterocycles. The van der Waals surface area contributed by atoms with Gasteiger partial charge >= 0.3 is 5.97 Å². The average molecular weight is 286 g/mol. The Kier molecular flexibility index (Phi) is 5.24. The minimum absolute atomic E-state index is 0.0984. The Hall–Kier alpha value is -1.74. The van der Waals surface area contributed by atoms with E-state index < -0.39 is 5.97 Å². The highest BCUT2D eigenvalue weighted by atomic mass is 32.2. The third kappa shape index (κ3) is 4.42. The van der Waals surface area contributed by atoms with Gasteiger partial charge in [0.15, 0.2) is 0 Å². The number of carboxylic acid groups (broad SMARTS) is 1. The van der Waals surface area contributed by atoms with Crippen LogP contribution in [0.3, 0.4) is 0 Å². The molecule has 2 nitrogen and oxygen atoms in total. The highest BCUT2D eigenvalue weighted by Gasteiger charge is 2.06. The second kappa shape index (κ2) is 7.15. The third-order valence-corrected chi connectivity index (χ3v) is 4.12. The Morgan fingerprint density at radius 1 is 1.05 bits per heavy atom. The van der Waals surface area contributed by atoms with Crippen LogP contribution in [0, 0.1) is 6.92 Å². The van der Waals surface area contributed by atoms with Crippen molar-refractivity contribution in [2.75, 3.05) is 0 Å². The average Bonchev–Trinajstić information content (AvgIpc) is 2.40. The van der Waals surface area contributed by atoms with Gasteiger partial charge in [-0.25, -0.2) is 0 Å². The smallest absolute Gasteiger partial charge is 0.307 e. The molecule has 0 saturated carbocycles. The van der Waals surface area contributed by atoms with E-state index in [2.05, 4.69) is 31.2 Å². The fourth-order valence-electron chi connectivity index (χ4n) is 2.11. The van der Waals surface area contributed by atoms with Crippen molar-refractivity contribution in [3.8, 4) is 0 Å². The van der Waals surface area contributed by atoms with E-state index in [1.807, 2.05) is 36.0 Å². The number of carboxylic acids is 1. The summed E-state index contributed by atoms with van der Waals surface area (Å²) in [6.07, 6.45) is 0.0984. The topological polar surface area (TPSA) is 37.3 Å². The molecule has 1 N–H and O–H groups in total. The van der Waals surface area contributed by atoms with E-state index >= 15 is 0 Å². The van der Waals surface area contributed by atoms with E-state index in [1.54, 1.807) is 0 Å². The van der Waals surface area contributed by atoms with Crippen molar-refractivity contribution in [1.82, 2.24) is 0 Å². The Labute approximate surface area is 123 Å². The minimum Gasteiger partial charge on any atom is -0.481 e. The van der Waals surface area contributed by atoms with Crippen molar-refractivity contribution in [2.24, 2.45) is 0 Å². The van der Waals surface area contributed by atoms with Crippen molar-refractivity contribution >= 4 is 17.7 Å². The fraction of sp³-hybridized carbons (Fsp3) is 0.235. The molecule has 104 valence electrons. The highest BCUT2D eigenvalue weighted by Crippen LogP contribution is 2.21. The van der Waals surface area contributed by atoms with Crippen LogP contribution < -0.4 is 0 Å². The monoisotopic (exact) mass is 286 g/mol. The molecule has 0 saturated heterocycles. The van der Waals surface area contributed by atoms with Gasteiger partial charge in [0, 0.05) is 11.5 Å². The van der Waals surface area contributed by atoms with Crippen molar-refractivity contribution in [3.63, 3.8) is 0 Å². The number of hydrogen-bond donors (Lipinski definition) is 1. The zero-order valence-corrected chi connectivity index (χ0v) is 12.3. The van der Waals surface area contributed by atoms with E-state index in [-0.39, 0.29) is 6.42 Å². The summed E-state index contributed by atoms with van der Waals surface area (Å²) >= 11 is 1.82. The zero-order chi connectivity index (χ0) is 14.4. The molecule has 0 amide bonds. The first-order valence-electron chi connectivity index (χ1n) is 6.57. The molecule has 0 aromatic heterocycles. The van der Waals surface area contributed by atoms with Crippen molar-refractivity contribution in [3.05, 3.63) is 70.8 Å². The molecule has 20 heavy (non-hydrogen) atoms. The van der Waals surface area contributed by atoms with Crippen LogP contribution in [-0.2, 0) is 22.7 Å². The molecule has 0 atom stereocenters. The predicted molar refractivity (Wildman–Crippen MR) is 84.0 cm³/mol. The summed E-state index contributed by atoms with van der Waals surface area (Å²) in [6.45, 7) is 2.09. The summed E-state index contributed by atoms with van der Waals surface area (Å²) in [5, 5.41) is 8.92. The second-order valence-corrected chi connectivity index (χ2v) is 5.81. The molecule has 0 radical (unpaired) electrons. The lowest BCUT2D eigenvalue weighted by Crippen LogP contribution is -2.02. The lowest BCUT2D eigenvalue weighted by molar-refractivity contribution is -0.136. The zero-order valence-electron chi connectivity index (χ0n) is 11.5. The minimum atomic E-state index is -0.777. The van der Waals surface area contributed by atoms with Gasteiger partial charge in [-0.2, -0.15) is 11.8 Å². The molecule has 0 aliphatic heterocycles. The van der Waals surface area contributed by atoms with E-state index in [9.17, 15) is 4.79 Å². The number of aliphatic carboxylic acids is 1. The van der Waals surface area contributed by atoms with Gasteiger partial charge in [-0.1, -0.05) is 54.1 Å². The van der Waals surface area contributed by atoms with E-state index in [0.717, 1.165) is 22.6 Å². The van der Waals surface area contributed by atoms with Gasteiger partial charge in [-0.15, -0.1) is 0 Å². The number of rotatable bonds is 6. The summed E-state index contributed by atoms with van der Waals surface area (Å²) in [4.78, 5) is 10.8. The third-order valence-electron chi connectivity index (χ3n) is 3.07.